The van der Waals surface area contributed by atoms with Gasteiger partial charge in [0.2, 0.25) is 0 Å². The van der Waals surface area contributed by atoms with Gasteiger partial charge in [-0.3, -0.25) is 0 Å². The van der Waals surface area contributed by atoms with E-state index in [2.05, 4.69) is 61.6 Å². The Morgan fingerprint density at radius 1 is 1.10 bits per heavy atom. The molecule has 0 saturated heterocycles. The standard InChI is InChI=1S/C19H23N/c1-3-5-15-6-4-7-16(12-15)17-10-11-19-18(13-17)9-8-14(2)20-19/h4,6-7,10-14,20H,3,5,8-9H2,1-2H3. The Kier molecular flexibility index (Phi) is 3.77. The number of aryl methyl sites for hydroxylation is 2. The topological polar surface area (TPSA) is 12.0 Å². The molecule has 1 aliphatic rings. The maximum absolute atomic E-state index is 3.57. The van der Waals surface area contributed by atoms with Crippen molar-refractivity contribution in [3.8, 4) is 11.1 Å². The van der Waals surface area contributed by atoms with Gasteiger partial charge in [-0.15, -0.1) is 0 Å². The lowest BCUT2D eigenvalue weighted by atomic mass is 9.94. The Bertz CT molecular complexity index is 600. The third-order valence-corrected chi connectivity index (χ3v) is 4.15. The quantitative estimate of drug-likeness (QED) is 0.818. The van der Waals surface area contributed by atoms with Gasteiger partial charge in [-0.05, 0) is 60.6 Å². The molecule has 104 valence electrons. The van der Waals surface area contributed by atoms with Gasteiger partial charge in [0.05, 0.1) is 0 Å². The number of hydrogen-bond acceptors (Lipinski definition) is 1. The molecule has 0 radical (unpaired) electrons. The minimum Gasteiger partial charge on any atom is -0.382 e. The van der Waals surface area contributed by atoms with E-state index < -0.39 is 0 Å². The van der Waals surface area contributed by atoms with Crippen molar-refractivity contribution in [1.82, 2.24) is 0 Å². The van der Waals surface area contributed by atoms with E-state index in [9.17, 15) is 0 Å². The van der Waals surface area contributed by atoms with Crippen molar-refractivity contribution in [2.45, 2.75) is 45.6 Å². The second-order valence-corrected chi connectivity index (χ2v) is 5.91. The molecule has 0 aliphatic carbocycles. The monoisotopic (exact) mass is 265 g/mol. The van der Waals surface area contributed by atoms with E-state index in [1.165, 1.54) is 47.2 Å². The van der Waals surface area contributed by atoms with Crippen LogP contribution in [0.25, 0.3) is 11.1 Å². The third kappa shape index (κ3) is 2.72. The Balaban J connectivity index is 1.93. The molecule has 1 N–H and O–H groups in total. The first-order valence-corrected chi connectivity index (χ1v) is 7.75. The van der Waals surface area contributed by atoms with Crippen LogP contribution < -0.4 is 5.32 Å². The predicted octanol–water partition coefficient (Wildman–Crippen LogP) is 5.05. The zero-order chi connectivity index (χ0) is 13.9. The Morgan fingerprint density at radius 2 is 1.95 bits per heavy atom. The summed E-state index contributed by atoms with van der Waals surface area (Å²) in [6.45, 7) is 4.49. The first-order chi connectivity index (χ1) is 9.76. The van der Waals surface area contributed by atoms with Crippen molar-refractivity contribution < 1.29 is 0 Å². The number of rotatable bonds is 3. The van der Waals surface area contributed by atoms with Crippen LogP contribution in [0.3, 0.4) is 0 Å². The molecule has 0 spiro atoms. The lowest BCUT2D eigenvalue weighted by Crippen LogP contribution is -2.21. The van der Waals surface area contributed by atoms with Crippen molar-refractivity contribution in [1.29, 1.82) is 0 Å². The molecule has 2 aromatic carbocycles. The molecule has 2 aromatic rings. The van der Waals surface area contributed by atoms with Crippen molar-refractivity contribution in [3.05, 3.63) is 53.6 Å². The molecular weight excluding hydrogens is 242 g/mol. The molecular formula is C19H23N. The van der Waals surface area contributed by atoms with Gasteiger partial charge in [0, 0.05) is 11.7 Å². The van der Waals surface area contributed by atoms with E-state index in [1.807, 2.05) is 0 Å². The molecule has 0 bridgehead atoms. The summed E-state index contributed by atoms with van der Waals surface area (Å²) < 4.78 is 0. The molecule has 20 heavy (non-hydrogen) atoms. The van der Waals surface area contributed by atoms with Crippen molar-refractivity contribution in [2.75, 3.05) is 5.32 Å². The number of benzene rings is 2. The van der Waals surface area contributed by atoms with Crippen LogP contribution >= 0.6 is 0 Å². The molecule has 1 atom stereocenters. The van der Waals surface area contributed by atoms with Gasteiger partial charge in [0.25, 0.3) is 0 Å². The maximum Gasteiger partial charge on any atom is 0.0375 e. The lowest BCUT2D eigenvalue weighted by Gasteiger charge is -2.24. The summed E-state index contributed by atoms with van der Waals surface area (Å²) in [7, 11) is 0. The van der Waals surface area contributed by atoms with E-state index in [4.69, 9.17) is 0 Å². The third-order valence-electron chi connectivity index (χ3n) is 4.15. The lowest BCUT2D eigenvalue weighted by molar-refractivity contribution is 0.681. The number of hydrogen-bond donors (Lipinski definition) is 1. The van der Waals surface area contributed by atoms with E-state index in [0.717, 1.165) is 6.42 Å². The Morgan fingerprint density at radius 3 is 2.80 bits per heavy atom. The second-order valence-electron chi connectivity index (χ2n) is 5.91. The van der Waals surface area contributed by atoms with Gasteiger partial charge < -0.3 is 5.32 Å². The summed E-state index contributed by atoms with van der Waals surface area (Å²) in [6.07, 6.45) is 4.78. The second kappa shape index (κ2) is 5.70. The van der Waals surface area contributed by atoms with Crippen LogP contribution in [-0.4, -0.2) is 6.04 Å². The average molecular weight is 265 g/mol. The summed E-state index contributed by atoms with van der Waals surface area (Å²) >= 11 is 0. The molecule has 1 heteroatoms. The highest BCUT2D eigenvalue weighted by atomic mass is 14.9. The van der Waals surface area contributed by atoms with E-state index >= 15 is 0 Å². The van der Waals surface area contributed by atoms with Crippen molar-refractivity contribution >= 4 is 5.69 Å². The number of anilines is 1. The van der Waals surface area contributed by atoms with Crippen LogP contribution in [0.4, 0.5) is 5.69 Å². The summed E-state index contributed by atoms with van der Waals surface area (Å²) in [6, 6.07) is 16.4. The number of fused-ring (bicyclic) bond motifs is 1. The Labute approximate surface area is 122 Å². The highest BCUT2D eigenvalue weighted by Gasteiger charge is 2.14. The summed E-state index contributed by atoms with van der Waals surface area (Å²) in [5, 5.41) is 3.57. The van der Waals surface area contributed by atoms with Gasteiger partial charge in [-0.2, -0.15) is 0 Å². The fourth-order valence-electron chi connectivity index (χ4n) is 3.03. The van der Waals surface area contributed by atoms with Crippen LogP contribution in [0.5, 0.6) is 0 Å². The number of nitrogens with one attached hydrogen (secondary N) is 1. The van der Waals surface area contributed by atoms with E-state index in [-0.39, 0.29) is 0 Å². The van der Waals surface area contributed by atoms with Gasteiger partial charge in [-0.25, -0.2) is 0 Å². The minimum atomic E-state index is 0.598. The highest BCUT2D eigenvalue weighted by Crippen LogP contribution is 2.30. The normalized spacial score (nSPS) is 17.4. The smallest absolute Gasteiger partial charge is 0.0375 e. The minimum absolute atomic E-state index is 0.598. The van der Waals surface area contributed by atoms with Crippen LogP contribution in [-0.2, 0) is 12.8 Å². The molecule has 1 heterocycles. The summed E-state index contributed by atoms with van der Waals surface area (Å²) in [5.41, 5.74) is 6.91. The summed E-state index contributed by atoms with van der Waals surface area (Å²) in [5.74, 6) is 0. The first kappa shape index (κ1) is 13.2. The fraction of sp³-hybridized carbons (Fsp3) is 0.368. The zero-order valence-corrected chi connectivity index (χ0v) is 12.4. The van der Waals surface area contributed by atoms with Crippen LogP contribution in [0.2, 0.25) is 0 Å². The first-order valence-electron chi connectivity index (χ1n) is 7.75. The molecule has 1 aliphatic heterocycles. The largest absolute Gasteiger partial charge is 0.382 e. The van der Waals surface area contributed by atoms with Crippen molar-refractivity contribution in [2.24, 2.45) is 0 Å². The zero-order valence-electron chi connectivity index (χ0n) is 12.4. The van der Waals surface area contributed by atoms with Crippen molar-refractivity contribution in [3.63, 3.8) is 0 Å². The van der Waals surface area contributed by atoms with Gasteiger partial charge in [0.15, 0.2) is 0 Å². The highest BCUT2D eigenvalue weighted by molar-refractivity contribution is 5.69. The van der Waals surface area contributed by atoms with Crippen LogP contribution in [0.15, 0.2) is 42.5 Å². The average Bonchev–Trinajstić information content (AvgIpc) is 2.47. The van der Waals surface area contributed by atoms with Gasteiger partial charge in [-0.1, -0.05) is 43.7 Å². The van der Waals surface area contributed by atoms with Gasteiger partial charge in [0.1, 0.15) is 0 Å². The molecule has 0 saturated carbocycles. The fourth-order valence-corrected chi connectivity index (χ4v) is 3.03. The molecule has 3 rings (SSSR count). The molecule has 1 unspecified atom stereocenters. The van der Waals surface area contributed by atoms with E-state index in [1.54, 1.807) is 0 Å². The predicted molar refractivity (Wildman–Crippen MR) is 87.3 cm³/mol. The molecule has 0 fully saturated rings. The van der Waals surface area contributed by atoms with E-state index in [0.29, 0.717) is 6.04 Å². The SMILES string of the molecule is CCCc1cccc(-c2ccc3c(c2)CCC(C)N3)c1. The summed E-state index contributed by atoms with van der Waals surface area (Å²) in [4.78, 5) is 0. The van der Waals surface area contributed by atoms with Crippen LogP contribution in [0, 0.1) is 0 Å². The molecule has 1 nitrogen and oxygen atoms in total. The molecule has 0 amide bonds. The maximum atomic E-state index is 3.57. The molecule has 0 aromatic heterocycles. The van der Waals surface area contributed by atoms with Crippen LogP contribution in [0.1, 0.15) is 37.8 Å². The Hall–Kier alpha value is -1.76. The van der Waals surface area contributed by atoms with Gasteiger partial charge >= 0.3 is 0 Å².